The third-order valence-corrected chi connectivity index (χ3v) is 5.73. The van der Waals surface area contributed by atoms with Crippen molar-refractivity contribution in [3.8, 4) is 11.1 Å². The molecule has 1 saturated carbocycles. The predicted molar refractivity (Wildman–Crippen MR) is 118 cm³/mol. The topological polar surface area (TPSA) is 80.4 Å². The molecule has 174 valence electrons. The van der Waals surface area contributed by atoms with Crippen molar-refractivity contribution in [1.82, 2.24) is 0 Å². The Balaban J connectivity index is 0.000000451. The number of aliphatic carboxylic acids is 1. The summed E-state index contributed by atoms with van der Waals surface area (Å²) in [5, 5.41) is 7.12. The maximum absolute atomic E-state index is 11.3. The van der Waals surface area contributed by atoms with Crippen molar-refractivity contribution in [2.45, 2.75) is 64.0 Å². The molecule has 1 fully saturated rings. The zero-order valence-corrected chi connectivity index (χ0v) is 18.0. The molecule has 3 N–H and O–H groups in total. The fourth-order valence-corrected chi connectivity index (χ4v) is 3.96. The first kappa shape index (κ1) is 25.4. The Kier molecular flexibility index (Phi) is 9.75. The maximum atomic E-state index is 11.3. The summed E-state index contributed by atoms with van der Waals surface area (Å²) in [6, 6.07) is 16.3. The molecule has 0 unspecified atom stereocenters. The lowest BCUT2D eigenvalue weighted by molar-refractivity contribution is -0.192. The Morgan fingerprint density at radius 2 is 1.53 bits per heavy atom. The largest absolute Gasteiger partial charge is 0.490 e. The first-order valence-electron chi connectivity index (χ1n) is 11.0. The van der Waals surface area contributed by atoms with E-state index < -0.39 is 12.1 Å². The van der Waals surface area contributed by atoms with E-state index in [0.717, 1.165) is 23.5 Å². The highest BCUT2D eigenvalue weighted by Crippen LogP contribution is 2.27. The minimum Gasteiger partial charge on any atom is -0.475 e. The number of carbonyl (C=O) groups excluding carboxylic acids is 1. The molecule has 4 nitrogen and oxygen atoms in total. The number of rotatable bonds is 6. The lowest BCUT2D eigenvalue weighted by atomic mass is 9.93. The van der Waals surface area contributed by atoms with Gasteiger partial charge in [-0.15, -0.1) is 0 Å². The molecular weight excluding hydrogens is 419 g/mol. The second kappa shape index (κ2) is 12.3. The van der Waals surface area contributed by atoms with Crippen molar-refractivity contribution in [2.75, 3.05) is 0 Å². The number of primary amides is 1. The van der Waals surface area contributed by atoms with Gasteiger partial charge in [-0.05, 0) is 47.6 Å². The molecule has 0 aliphatic heterocycles. The van der Waals surface area contributed by atoms with Crippen molar-refractivity contribution in [1.29, 1.82) is 0 Å². The van der Waals surface area contributed by atoms with E-state index >= 15 is 0 Å². The van der Waals surface area contributed by atoms with Crippen LogP contribution in [0.4, 0.5) is 13.2 Å². The van der Waals surface area contributed by atoms with E-state index in [-0.39, 0.29) is 5.91 Å². The number of alkyl halides is 3. The summed E-state index contributed by atoms with van der Waals surface area (Å²) in [5.74, 6) is -2.18. The number of hydrogen-bond donors (Lipinski definition) is 2. The van der Waals surface area contributed by atoms with Gasteiger partial charge in [0.2, 0.25) is 5.91 Å². The van der Waals surface area contributed by atoms with Crippen molar-refractivity contribution >= 4 is 11.9 Å². The van der Waals surface area contributed by atoms with Gasteiger partial charge in [-0.25, -0.2) is 4.79 Å². The number of carbonyl (C=O) groups is 2. The van der Waals surface area contributed by atoms with E-state index in [2.05, 4.69) is 24.3 Å². The van der Waals surface area contributed by atoms with Gasteiger partial charge >= 0.3 is 12.1 Å². The molecule has 1 amide bonds. The molecule has 32 heavy (non-hydrogen) atoms. The summed E-state index contributed by atoms with van der Waals surface area (Å²) < 4.78 is 31.7. The third-order valence-electron chi connectivity index (χ3n) is 5.73. The molecule has 0 radical (unpaired) electrons. The van der Waals surface area contributed by atoms with E-state index in [1.165, 1.54) is 56.9 Å². The van der Waals surface area contributed by atoms with Gasteiger partial charge in [-0.1, -0.05) is 81.3 Å². The fourth-order valence-electron chi connectivity index (χ4n) is 3.96. The maximum Gasteiger partial charge on any atom is 0.490 e. The first-order chi connectivity index (χ1) is 15.2. The van der Waals surface area contributed by atoms with Gasteiger partial charge in [0, 0.05) is 5.56 Å². The van der Waals surface area contributed by atoms with E-state index in [1.54, 1.807) is 6.07 Å². The van der Waals surface area contributed by atoms with E-state index in [0.29, 0.717) is 5.56 Å². The van der Waals surface area contributed by atoms with Crippen molar-refractivity contribution in [3.05, 3.63) is 59.7 Å². The highest BCUT2D eigenvalue weighted by Gasteiger charge is 2.38. The average molecular weight is 450 g/mol. The van der Waals surface area contributed by atoms with Crippen LogP contribution in [0.2, 0.25) is 0 Å². The number of amides is 1. The van der Waals surface area contributed by atoms with Gasteiger partial charge in [0.05, 0.1) is 0 Å². The zero-order valence-electron chi connectivity index (χ0n) is 18.0. The average Bonchev–Trinajstić information content (AvgIpc) is 3.03. The van der Waals surface area contributed by atoms with Crippen LogP contribution < -0.4 is 5.73 Å². The van der Waals surface area contributed by atoms with Crippen LogP contribution in [0.1, 0.15) is 67.3 Å². The summed E-state index contributed by atoms with van der Waals surface area (Å²) in [6.07, 6.45) is 7.38. The van der Waals surface area contributed by atoms with Gasteiger partial charge in [0.25, 0.3) is 0 Å². The highest BCUT2D eigenvalue weighted by atomic mass is 19.4. The Morgan fingerprint density at radius 3 is 2.06 bits per heavy atom. The molecule has 0 aromatic heterocycles. The first-order valence-corrected chi connectivity index (χ1v) is 11.0. The number of carboxylic acid groups (broad SMARTS) is 1. The Bertz CT molecular complexity index is 871. The lowest BCUT2D eigenvalue weighted by Gasteiger charge is -2.13. The quantitative estimate of drug-likeness (QED) is 0.502. The normalized spacial score (nSPS) is 14.7. The smallest absolute Gasteiger partial charge is 0.475 e. The Hall–Kier alpha value is -2.83. The second-order valence-electron chi connectivity index (χ2n) is 8.19. The zero-order chi connectivity index (χ0) is 23.6. The molecule has 2 aromatic rings. The molecule has 0 bridgehead atoms. The minimum atomic E-state index is -5.08. The summed E-state index contributed by atoms with van der Waals surface area (Å²) in [7, 11) is 0. The fraction of sp³-hybridized carbons (Fsp3) is 0.440. The Morgan fingerprint density at radius 1 is 0.938 bits per heavy atom. The van der Waals surface area contributed by atoms with E-state index in [1.807, 2.05) is 18.2 Å². The van der Waals surface area contributed by atoms with Crippen molar-refractivity contribution in [2.24, 2.45) is 11.7 Å². The number of aryl methyl sites for hydroxylation is 1. The number of benzene rings is 2. The number of hydrogen-bond acceptors (Lipinski definition) is 2. The third kappa shape index (κ3) is 8.73. The van der Waals surface area contributed by atoms with Crippen LogP contribution in [0.25, 0.3) is 11.1 Å². The van der Waals surface area contributed by atoms with Crippen molar-refractivity contribution in [3.63, 3.8) is 0 Å². The van der Waals surface area contributed by atoms with Gasteiger partial charge in [-0.2, -0.15) is 13.2 Å². The van der Waals surface area contributed by atoms with Crippen molar-refractivity contribution < 1.29 is 27.9 Å². The summed E-state index contributed by atoms with van der Waals surface area (Å²) in [5.41, 5.74) is 9.52. The van der Waals surface area contributed by atoms with Crippen LogP contribution in [0.15, 0.2) is 48.5 Å². The standard InChI is InChI=1S/C23H29NO.C2HF3O2/c24-23(25)22-12-6-11-21(17-22)20-15-13-19(14-16-20)10-5-9-18-7-3-1-2-4-8-18;3-2(4,5)1(6)7/h6,11-18H,1-5,7-10H2,(H2,24,25);(H,6,7). The van der Waals surface area contributed by atoms with Gasteiger partial charge < -0.3 is 10.8 Å². The SMILES string of the molecule is NC(=O)c1cccc(-c2ccc(CCCC3CCCCCC3)cc2)c1.O=C(O)C(F)(F)F. The lowest BCUT2D eigenvalue weighted by Crippen LogP contribution is -2.21. The van der Waals surface area contributed by atoms with Gasteiger partial charge in [0.15, 0.2) is 0 Å². The van der Waals surface area contributed by atoms with E-state index in [9.17, 15) is 18.0 Å². The van der Waals surface area contributed by atoms with Crippen LogP contribution in [-0.4, -0.2) is 23.2 Å². The summed E-state index contributed by atoms with van der Waals surface area (Å²) in [4.78, 5) is 20.2. The summed E-state index contributed by atoms with van der Waals surface area (Å²) in [6.45, 7) is 0. The van der Waals surface area contributed by atoms with Gasteiger partial charge in [-0.3, -0.25) is 4.79 Å². The van der Waals surface area contributed by atoms with Gasteiger partial charge in [0.1, 0.15) is 0 Å². The minimum absolute atomic E-state index is 0.378. The Labute approximate surface area is 186 Å². The van der Waals surface area contributed by atoms with Crippen LogP contribution in [0.3, 0.4) is 0 Å². The molecule has 7 heteroatoms. The molecule has 1 aliphatic carbocycles. The molecule has 0 heterocycles. The number of carboxylic acids is 1. The second-order valence-corrected chi connectivity index (χ2v) is 8.19. The molecule has 1 aliphatic rings. The van der Waals surface area contributed by atoms with Crippen LogP contribution in [0, 0.1) is 5.92 Å². The molecule has 0 spiro atoms. The van der Waals surface area contributed by atoms with Crippen LogP contribution >= 0.6 is 0 Å². The number of nitrogens with two attached hydrogens (primary N) is 1. The predicted octanol–water partition coefficient (Wildman–Crippen LogP) is 6.38. The molecule has 2 aromatic carbocycles. The van der Waals surface area contributed by atoms with Crippen LogP contribution in [0.5, 0.6) is 0 Å². The summed E-state index contributed by atoms with van der Waals surface area (Å²) >= 11 is 0. The molecule has 0 saturated heterocycles. The monoisotopic (exact) mass is 449 g/mol. The molecule has 3 rings (SSSR count). The van der Waals surface area contributed by atoms with E-state index in [4.69, 9.17) is 15.6 Å². The molecular formula is C25H30F3NO3. The highest BCUT2D eigenvalue weighted by molar-refractivity contribution is 5.94. The number of halogens is 3. The van der Waals surface area contributed by atoms with Crippen LogP contribution in [-0.2, 0) is 11.2 Å². The molecule has 0 atom stereocenters.